The fraction of sp³-hybridized carbons (Fsp3) is 0.393. The van der Waals surface area contributed by atoms with Crippen LogP contribution >= 0.6 is 0 Å². The van der Waals surface area contributed by atoms with E-state index >= 15 is 0 Å². The second-order valence-electron chi connectivity index (χ2n) is 10.4. The van der Waals surface area contributed by atoms with Crippen molar-refractivity contribution < 1.29 is 33.8 Å². The van der Waals surface area contributed by atoms with Crippen LogP contribution in [-0.4, -0.2) is 57.7 Å². The van der Waals surface area contributed by atoms with E-state index < -0.39 is 36.2 Å². The van der Waals surface area contributed by atoms with Gasteiger partial charge in [-0.2, -0.15) is 0 Å². The number of pyridine rings is 1. The predicted octanol–water partition coefficient (Wildman–Crippen LogP) is 2.42. The number of benzene rings is 1. The van der Waals surface area contributed by atoms with Gasteiger partial charge in [-0.05, 0) is 62.9 Å². The van der Waals surface area contributed by atoms with Crippen LogP contribution in [0.5, 0.6) is 0 Å². The van der Waals surface area contributed by atoms with Gasteiger partial charge in [0.05, 0.1) is 29.0 Å². The van der Waals surface area contributed by atoms with Crippen LogP contribution in [0.15, 0.2) is 54.5 Å². The van der Waals surface area contributed by atoms with Gasteiger partial charge in [0, 0.05) is 18.9 Å². The van der Waals surface area contributed by atoms with Gasteiger partial charge < -0.3 is 24.8 Å². The lowest BCUT2D eigenvalue weighted by Crippen LogP contribution is -2.61. The Labute approximate surface area is 220 Å². The third kappa shape index (κ3) is 5.45. The zero-order valence-corrected chi connectivity index (χ0v) is 21.8. The Bertz CT molecular complexity index is 1260. The largest absolute Gasteiger partial charge is 0.427 e. The van der Waals surface area contributed by atoms with Crippen LogP contribution in [0, 0.1) is 11.3 Å². The summed E-state index contributed by atoms with van der Waals surface area (Å²) in [5.74, 6) is -2.52. The van der Waals surface area contributed by atoms with Gasteiger partial charge in [0.2, 0.25) is 12.7 Å². The zero-order chi connectivity index (χ0) is 27.6. The van der Waals surface area contributed by atoms with Crippen molar-refractivity contribution in [1.29, 1.82) is 0 Å². The van der Waals surface area contributed by atoms with Crippen molar-refractivity contribution in [2.75, 3.05) is 6.79 Å². The number of hydrogen-bond donors (Lipinski definition) is 2. The molecule has 0 unspecified atom stereocenters. The number of aromatic nitrogens is 1. The molecule has 2 N–H and O–H groups in total. The molecule has 200 valence electrons. The van der Waals surface area contributed by atoms with Crippen molar-refractivity contribution in [1.82, 2.24) is 15.2 Å². The summed E-state index contributed by atoms with van der Waals surface area (Å²) in [7, 11) is 0. The molecule has 0 radical (unpaired) electrons. The quantitative estimate of drug-likeness (QED) is 0.307. The highest BCUT2D eigenvalue weighted by Gasteiger charge is 2.57. The summed E-state index contributed by atoms with van der Waals surface area (Å²) in [5.41, 5.74) is 1.93. The van der Waals surface area contributed by atoms with Crippen LogP contribution in [-0.2, 0) is 30.4 Å². The highest BCUT2D eigenvalue weighted by molar-refractivity contribution is 6.06. The number of aliphatic hydroxyl groups excluding tert-OH is 1. The molecular formula is C28H31N3O7. The number of fused-ring (bicyclic) bond motifs is 1. The molecule has 1 aromatic carbocycles. The van der Waals surface area contributed by atoms with Gasteiger partial charge in [-0.25, -0.2) is 4.79 Å². The van der Waals surface area contributed by atoms with Crippen molar-refractivity contribution in [3.63, 3.8) is 0 Å². The molecule has 2 aromatic rings. The summed E-state index contributed by atoms with van der Waals surface area (Å²) in [6, 6.07) is 10.3. The summed E-state index contributed by atoms with van der Waals surface area (Å²) < 4.78 is 10.3. The first-order valence-corrected chi connectivity index (χ1v) is 12.3. The number of amides is 2. The lowest BCUT2D eigenvalue weighted by molar-refractivity contribution is -0.175. The molecule has 3 atom stereocenters. The Kier molecular flexibility index (Phi) is 7.63. The molecule has 0 saturated carbocycles. The standard InChI is InChI=1S/C28H31N3O7/c1-16(32)22-21-12-20(23(31(21)25(22)34)26(35)37-15-38-27(36)28(2,3)4)18-9-7-17(8-10-18)13-30-24(33)19-6-5-11-29-14-19/h5-11,14,16,21-22,32H,12-13,15H2,1-4H3,(H,30,33)/t16-,21-,22-/m1/s1. The fourth-order valence-corrected chi connectivity index (χ4v) is 4.54. The number of nitrogens with zero attached hydrogens (tertiary/aromatic N) is 2. The molecule has 0 spiro atoms. The number of esters is 2. The minimum absolute atomic E-state index is 0.0846. The molecule has 1 aromatic heterocycles. The monoisotopic (exact) mass is 521 g/mol. The van der Waals surface area contributed by atoms with Gasteiger partial charge in [0.25, 0.3) is 5.91 Å². The predicted molar refractivity (Wildman–Crippen MR) is 136 cm³/mol. The number of carbonyl (C=O) groups excluding carboxylic acids is 4. The molecule has 2 aliphatic heterocycles. The maximum Gasteiger partial charge on any atom is 0.358 e. The van der Waals surface area contributed by atoms with Crippen LogP contribution in [0.3, 0.4) is 0 Å². The van der Waals surface area contributed by atoms with Gasteiger partial charge in [0.15, 0.2) is 0 Å². The second-order valence-corrected chi connectivity index (χ2v) is 10.4. The lowest BCUT2D eigenvalue weighted by Gasteiger charge is -2.44. The maximum absolute atomic E-state index is 13.1. The van der Waals surface area contributed by atoms with Crippen molar-refractivity contribution in [2.45, 2.75) is 52.8 Å². The summed E-state index contributed by atoms with van der Waals surface area (Å²) in [6.45, 7) is 6.31. The van der Waals surface area contributed by atoms with Gasteiger partial charge in [-0.15, -0.1) is 0 Å². The molecule has 1 saturated heterocycles. The third-order valence-electron chi connectivity index (χ3n) is 6.59. The van der Waals surface area contributed by atoms with E-state index in [1.807, 2.05) is 24.3 Å². The minimum atomic E-state index is -0.862. The molecule has 2 aliphatic rings. The first kappa shape index (κ1) is 27.0. The second kappa shape index (κ2) is 10.7. The molecule has 38 heavy (non-hydrogen) atoms. The SMILES string of the molecule is C[C@@H](O)[C@H]1C(=O)N2C(C(=O)OCOC(=O)C(C)(C)C)=C(c3ccc(CNC(=O)c4cccnc4)cc3)C[C@H]12. The van der Waals surface area contributed by atoms with Gasteiger partial charge >= 0.3 is 11.9 Å². The number of aliphatic hydroxyl groups is 1. The minimum Gasteiger partial charge on any atom is -0.427 e. The van der Waals surface area contributed by atoms with E-state index in [1.54, 1.807) is 46.0 Å². The van der Waals surface area contributed by atoms with E-state index in [4.69, 9.17) is 9.47 Å². The molecule has 3 heterocycles. The molecule has 4 rings (SSSR count). The lowest BCUT2D eigenvalue weighted by atomic mass is 9.82. The Morgan fingerprint density at radius 1 is 1.16 bits per heavy atom. The van der Waals surface area contributed by atoms with Crippen LogP contribution in [0.25, 0.3) is 5.57 Å². The number of hydrogen-bond acceptors (Lipinski definition) is 8. The highest BCUT2D eigenvalue weighted by Crippen LogP contribution is 2.47. The number of rotatable bonds is 8. The van der Waals surface area contributed by atoms with Gasteiger partial charge in [-0.3, -0.25) is 19.4 Å². The first-order valence-electron chi connectivity index (χ1n) is 12.3. The summed E-state index contributed by atoms with van der Waals surface area (Å²) in [6.07, 6.45) is 2.58. The van der Waals surface area contributed by atoms with E-state index in [2.05, 4.69) is 10.3 Å². The normalized spacial score (nSPS) is 19.4. The topological polar surface area (TPSA) is 135 Å². The van der Waals surface area contributed by atoms with Crippen molar-refractivity contribution in [2.24, 2.45) is 11.3 Å². The van der Waals surface area contributed by atoms with E-state index in [1.165, 1.54) is 11.1 Å². The van der Waals surface area contributed by atoms with Gasteiger partial charge in [0.1, 0.15) is 5.70 Å². The molecule has 0 bridgehead atoms. The van der Waals surface area contributed by atoms with E-state index in [0.29, 0.717) is 29.7 Å². The molecule has 10 heteroatoms. The van der Waals surface area contributed by atoms with Crippen LogP contribution in [0.4, 0.5) is 0 Å². The van der Waals surface area contributed by atoms with Crippen LogP contribution in [0.2, 0.25) is 0 Å². The fourth-order valence-electron chi connectivity index (χ4n) is 4.54. The van der Waals surface area contributed by atoms with Crippen molar-refractivity contribution in [3.05, 3.63) is 71.2 Å². The average molecular weight is 522 g/mol. The third-order valence-corrected chi connectivity index (χ3v) is 6.59. The van der Waals surface area contributed by atoms with Crippen LogP contribution < -0.4 is 5.32 Å². The maximum atomic E-state index is 13.1. The van der Waals surface area contributed by atoms with E-state index in [9.17, 15) is 24.3 Å². The molecular weight excluding hydrogens is 490 g/mol. The number of ether oxygens (including phenoxy) is 2. The number of carbonyl (C=O) groups is 4. The molecule has 2 amide bonds. The Morgan fingerprint density at radius 3 is 2.47 bits per heavy atom. The summed E-state index contributed by atoms with van der Waals surface area (Å²) in [5, 5.41) is 12.9. The Morgan fingerprint density at radius 2 is 1.87 bits per heavy atom. The Balaban J connectivity index is 1.50. The molecule has 0 aliphatic carbocycles. The van der Waals surface area contributed by atoms with Crippen LogP contribution in [0.1, 0.15) is 55.6 Å². The molecule has 1 fully saturated rings. The van der Waals surface area contributed by atoms with Crippen molar-refractivity contribution in [3.8, 4) is 0 Å². The summed E-state index contributed by atoms with van der Waals surface area (Å²) in [4.78, 5) is 55.5. The van der Waals surface area contributed by atoms with Crippen molar-refractivity contribution >= 4 is 29.3 Å². The number of β-lactam (4-membered cyclic amide) rings is 1. The first-order chi connectivity index (χ1) is 18.0. The smallest absolute Gasteiger partial charge is 0.358 e. The van der Waals surface area contributed by atoms with E-state index in [0.717, 1.165) is 5.56 Å². The Hall–Kier alpha value is -4.05. The summed E-state index contributed by atoms with van der Waals surface area (Å²) >= 11 is 0. The highest BCUT2D eigenvalue weighted by atomic mass is 16.7. The van der Waals surface area contributed by atoms with E-state index in [-0.39, 0.29) is 23.6 Å². The number of nitrogens with one attached hydrogen (secondary N) is 1. The average Bonchev–Trinajstić information content (AvgIpc) is 3.22. The molecule has 10 nitrogen and oxygen atoms in total. The van der Waals surface area contributed by atoms with Gasteiger partial charge in [-0.1, -0.05) is 24.3 Å². The zero-order valence-electron chi connectivity index (χ0n) is 21.8.